The number of carbonyl (C=O) groups excluding carboxylic acids is 1. The van der Waals surface area contributed by atoms with Crippen LogP contribution in [0.15, 0.2) is 54.6 Å². The molecule has 0 saturated heterocycles. The van der Waals surface area contributed by atoms with Crippen molar-refractivity contribution in [2.24, 2.45) is 5.92 Å². The van der Waals surface area contributed by atoms with Crippen molar-refractivity contribution in [1.82, 2.24) is 5.32 Å². The van der Waals surface area contributed by atoms with Crippen molar-refractivity contribution in [3.63, 3.8) is 0 Å². The van der Waals surface area contributed by atoms with Crippen molar-refractivity contribution in [2.45, 2.75) is 26.3 Å². The van der Waals surface area contributed by atoms with Gasteiger partial charge >= 0.3 is 0 Å². The molecule has 0 radical (unpaired) electrons. The monoisotopic (exact) mass is 297 g/mol. The van der Waals surface area contributed by atoms with Crippen molar-refractivity contribution in [3.05, 3.63) is 65.7 Å². The molecule has 0 spiro atoms. The number of benzene rings is 2. The summed E-state index contributed by atoms with van der Waals surface area (Å²) < 4.78 is 5.12. The van der Waals surface area contributed by atoms with E-state index in [4.69, 9.17) is 4.74 Å². The van der Waals surface area contributed by atoms with Crippen molar-refractivity contribution in [1.29, 1.82) is 0 Å². The number of hydrogen-bond acceptors (Lipinski definition) is 2. The van der Waals surface area contributed by atoms with Crippen molar-refractivity contribution < 1.29 is 9.53 Å². The van der Waals surface area contributed by atoms with Gasteiger partial charge in [-0.05, 0) is 42.2 Å². The normalized spacial score (nSPS) is 12.0. The standard InChI is InChI=1S/C19H23NO2/c1-14(2)13-18(15-7-5-4-6-8-15)20-19(21)16-9-11-17(22-3)12-10-16/h4-12,14,18H,13H2,1-3H3,(H,20,21)/t18-/m1/s1. The Kier molecular flexibility index (Phi) is 5.59. The molecule has 3 nitrogen and oxygen atoms in total. The third-order valence-electron chi connectivity index (χ3n) is 3.57. The second-order valence-electron chi connectivity index (χ2n) is 5.79. The molecule has 1 amide bonds. The van der Waals surface area contributed by atoms with Crippen LogP contribution in [0.2, 0.25) is 0 Å². The summed E-state index contributed by atoms with van der Waals surface area (Å²) in [6.45, 7) is 4.32. The summed E-state index contributed by atoms with van der Waals surface area (Å²) in [5, 5.41) is 3.14. The molecule has 116 valence electrons. The molecule has 0 aliphatic rings. The number of rotatable bonds is 6. The molecule has 0 saturated carbocycles. The summed E-state index contributed by atoms with van der Waals surface area (Å²) >= 11 is 0. The third-order valence-corrected chi connectivity index (χ3v) is 3.57. The summed E-state index contributed by atoms with van der Waals surface area (Å²) in [5.74, 6) is 1.19. The molecule has 1 N–H and O–H groups in total. The SMILES string of the molecule is COc1ccc(C(=O)N[C@H](CC(C)C)c2ccccc2)cc1. The quantitative estimate of drug-likeness (QED) is 0.867. The van der Waals surface area contributed by atoms with Gasteiger partial charge in [0.1, 0.15) is 5.75 Å². The minimum absolute atomic E-state index is 0.0239. The van der Waals surface area contributed by atoms with Crippen LogP contribution in [0.4, 0.5) is 0 Å². The van der Waals surface area contributed by atoms with E-state index in [0.29, 0.717) is 11.5 Å². The first kappa shape index (κ1) is 16.1. The van der Waals surface area contributed by atoms with Crippen LogP contribution < -0.4 is 10.1 Å². The number of amides is 1. The number of ether oxygens (including phenoxy) is 1. The van der Waals surface area contributed by atoms with Gasteiger partial charge < -0.3 is 10.1 Å². The molecule has 2 rings (SSSR count). The van der Waals surface area contributed by atoms with E-state index < -0.39 is 0 Å². The molecule has 0 heterocycles. The summed E-state index contributed by atoms with van der Waals surface area (Å²) in [4.78, 5) is 12.5. The lowest BCUT2D eigenvalue weighted by Crippen LogP contribution is -2.29. The fourth-order valence-corrected chi connectivity index (χ4v) is 2.42. The van der Waals surface area contributed by atoms with E-state index in [0.717, 1.165) is 17.7 Å². The molecule has 2 aromatic carbocycles. The Morgan fingerprint density at radius 1 is 1.05 bits per heavy atom. The molecule has 2 aromatic rings. The third kappa shape index (κ3) is 4.35. The Morgan fingerprint density at radius 2 is 1.68 bits per heavy atom. The fraction of sp³-hybridized carbons (Fsp3) is 0.316. The van der Waals surface area contributed by atoms with E-state index in [9.17, 15) is 4.79 Å². The van der Waals surface area contributed by atoms with Crippen LogP contribution in [-0.4, -0.2) is 13.0 Å². The van der Waals surface area contributed by atoms with Crippen molar-refractivity contribution in [3.8, 4) is 5.75 Å². The minimum Gasteiger partial charge on any atom is -0.497 e. The molecule has 0 aliphatic heterocycles. The zero-order chi connectivity index (χ0) is 15.9. The summed E-state index contributed by atoms with van der Waals surface area (Å²) in [6.07, 6.45) is 0.909. The lowest BCUT2D eigenvalue weighted by atomic mass is 9.96. The predicted octanol–water partition coefficient (Wildman–Crippen LogP) is 4.21. The maximum absolute atomic E-state index is 12.5. The van der Waals surface area contributed by atoms with E-state index in [1.54, 1.807) is 31.4 Å². The first-order chi connectivity index (χ1) is 10.6. The van der Waals surface area contributed by atoms with Crippen molar-refractivity contribution in [2.75, 3.05) is 7.11 Å². The molecular weight excluding hydrogens is 274 g/mol. The number of hydrogen-bond donors (Lipinski definition) is 1. The highest BCUT2D eigenvalue weighted by Crippen LogP contribution is 2.22. The van der Waals surface area contributed by atoms with Gasteiger partial charge in [-0.15, -0.1) is 0 Å². The smallest absolute Gasteiger partial charge is 0.251 e. The lowest BCUT2D eigenvalue weighted by Gasteiger charge is -2.21. The topological polar surface area (TPSA) is 38.3 Å². The Bertz CT molecular complexity index is 591. The number of methoxy groups -OCH3 is 1. The van der Waals surface area contributed by atoms with Crippen LogP contribution in [0.5, 0.6) is 5.75 Å². The number of carbonyl (C=O) groups is 1. The van der Waals surface area contributed by atoms with Crippen LogP contribution in [0.25, 0.3) is 0 Å². The van der Waals surface area contributed by atoms with Gasteiger partial charge in [0.15, 0.2) is 0 Å². The second kappa shape index (κ2) is 7.64. The Hall–Kier alpha value is -2.29. The zero-order valence-electron chi connectivity index (χ0n) is 13.4. The molecule has 0 fully saturated rings. The molecule has 22 heavy (non-hydrogen) atoms. The van der Waals surface area contributed by atoms with Crippen molar-refractivity contribution >= 4 is 5.91 Å². The van der Waals surface area contributed by atoms with Crippen LogP contribution in [0.3, 0.4) is 0 Å². The first-order valence-electron chi connectivity index (χ1n) is 7.60. The van der Waals surface area contributed by atoms with Gasteiger partial charge in [0.2, 0.25) is 0 Å². The van der Waals surface area contributed by atoms with Crippen LogP contribution in [0.1, 0.15) is 42.2 Å². The highest BCUT2D eigenvalue weighted by atomic mass is 16.5. The minimum atomic E-state index is -0.0582. The van der Waals surface area contributed by atoms with Gasteiger partial charge in [0, 0.05) is 5.56 Å². The van der Waals surface area contributed by atoms with Gasteiger partial charge in [0.05, 0.1) is 13.2 Å². The molecule has 1 atom stereocenters. The second-order valence-corrected chi connectivity index (χ2v) is 5.79. The Labute approximate surface area is 132 Å². The summed E-state index contributed by atoms with van der Waals surface area (Å²) in [6, 6.07) is 17.3. The molecular formula is C19H23NO2. The average Bonchev–Trinajstić information content (AvgIpc) is 2.54. The summed E-state index contributed by atoms with van der Waals surface area (Å²) in [7, 11) is 1.61. The molecule has 0 aliphatic carbocycles. The van der Waals surface area contributed by atoms with E-state index in [1.165, 1.54) is 0 Å². The molecule has 0 aromatic heterocycles. The van der Waals surface area contributed by atoms with Crippen LogP contribution >= 0.6 is 0 Å². The Balaban J connectivity index is 2.13. The van der Waals surface area contributed by atoms with Crippen LogP contribution in [0, 0.1) is 5.92 Å². The highest BCUT2D eigenvalue weighted by molar-refractivity contribution is 5.94. The fourth-order valence-electron chi connectivity index (χ4n) is 2.42. The van der Waals surface area contributed by atoms with Gasteiger partial charge in [0.25, 0.3) is 5.91 Å². The maximum Gasteiger partial charge on any atom is 0.251 e. The van der Waals surface area contributed by atoms with Gasteiger partial charge in [-0.3, -0.25) is 4.79 Å². The van der Waals surface area contributed by atoms with Crippen LogP contribution in [-0.2, 0) is 0 Å². The first-order valence-corrected chi connectivity index (χ1v) is 7.60. The van der Waals surface area contributed by atoms with E-state index >= 15 is 0 Å². The van der Waals surface area contributed by atoms with Gasteiger partial charge in [-0.25, -0.2) is 0 Å². The highest BCUT2D eigenvalue weighted by Gasteiger charge is 2.17. The summed E-state index contributed by atoms with van der Waals surface area (Å²) in [5.41, 5.74) is 1.78. The largest absolute Gasteiger partial charge is 0.497 e. The predicted molar refractivity (Wildman–Crippen MR) is 89.1 cm³/mol. The maximum atomic E-state index is 12.5. The lowest BCUT2D eigenvalue weighted by molar-refractivity contribution is 0.0932. The van der Waals surface area contributed by atoms with E-state index in [1.807, 2.05) is 18.2 Å². The van der Waals surface area contributed by atoms with Gasteiger partial charge in [-0.1, -0.05) is 44.2 Å². The molecule has 0 unspecified atom stereocenters. The Morgan fingerprint density at radius 3 is 2.23 bits per heavy atom. The molecule has 0 bridgehead atoms. The van der Waals surface area contributed by atoms with E-state index in [2.05, 4.69) is 31.3 Å². The average molecular weight is 297 g/mol. The number of nitrogens with one attached hydrogen (secondary N) is 1. The van der Waals surface area contributed by atoms with E-state index in [-0.39, 0.29) is 11.9 Å². The van der Waals surface area contributed by atoms with Gasteiger partial charge in [-0.2, -0.15) is 0 Å². The molecule has 3 heteroatoms. The zero-order valence-corrected chi connectivity index (χ0v) is 13.4.